The van der Waals surface area contributed by atoms with Crippen LogP contribution in [0.15, 0.2) is 40.9 Å². The average Bonchev–Trinajstić information content (AvgIpc) is 2.52. The quantitative estimate of drug-likeness (QED) is 0.441. The molecule has 0 aromatic heterocycles. The van der Waals surface area contributed by atoms with Gasteiger partial charge in [-0.3, -0.25) is 0 Å². The summed E-state index contributed by atoms with van der Waals surface area (Å²) in [5.74, 6) is 1.89. The molecule has 0 atom stereocenters. The molecular weight excluding hydrogens is 346 g/mol. The van der Waals surface area contributed by atoms with Crippen LogP contribution in [0.4, 0.5) is 0 Å². The lowest BCUT2D eigenvalue weighted by atomic mass is 10.1. The molecule has 0 bridgehead atoms. The maximum absolute atomic E-state index is 8.43. The van der Waals surface area contributed by atoms with E-state index in [0.29, 0.717) is 0 Å². The number of hydrogen-bond acceptors (Lipinski definition) is 3. The lowest BCUT2D eigenvalue weighted by molar-refractivity contribution is 0.308. The third-order valence-corrected chi connectivity index (χ3v) is 4.61. The van der Waals surface area contributed by atoms with Crippen molar-refractivity contribution in [1.82, 2.24) is 0 Å². The molecule has 0 heterocycles. The highest BCUT2D eigenvalue weighted by molar-refractivity contribution is 9.10. The minimum atomic E-state index is 0.747. The van der Waals surface area contributed by atoms with Crippen LogP contribution in [0.2, 0.25) is 0 Å². The van der Waals surface area contributed by atoms with Crippen LogP contribution < -0.4 is 4.74 Å². The van der Waals surface area contributed by atoms with Gasteiger partial charge in [-0.25, -0.2) is 0 Å². The Balaban J connectivity index is 1.79. The van der Waals surface area contributed by atoms with E-state index < -0.39 is 0 Å². The van der Waals surface area contributed by atoms with E-state index in [1.165, 1.54) is 23.6 Å². The van der Waals surface area contributed by atoms with Crippen molar-refractivity contribution in [2.24, 2.45) is 0 Å². The van der Waals surface area contributed by atoms with E-state index >= 15 is 0 Å². The van der Waals surface area contributed by atoms with Gasteiger partial charge in [-0.05, 0) is 42.1 Å². The first-order valence-electron chi connectivity index (χ1n) is 7.14. The molecule has 0 unspecified atom stereocenters. The van der Waals surface area contributed by atoms with Crippen molar-refractivity contribution in [3.63, 3.8) is 0 Å². The maximum atomic E-state index is 8.43. The van der Waals surface area contributed by atoms with Crippen LogP contribution in [0.3, 0.4) is 0 Å². The molecule has 0 amide bonds. The summed E-state index contributed by atoms with van der Waals surface area (Å²) >= 11 is 4.91. The monoisotopic (exact) mass is 363 g/mol. The Labute approximate surface area is 138 Å². The van der Waals surface area contributed by atoms with Crippen molar-refractivity contribution in [2.45, 2.75) is 25.7 Å². The number of thioether (sulfide) groups is 1. The number of halogens is 1. The Kier molecular flexibility index (Phi) is 6.91. The van der Waals surface area contributed by atoms with Crippen molar-refractivity contribution in [2.75, 3.05) is 12.4 Å². The number of rotatable bonds is 8. The standard InChI is InChI=1S/C17H18BrNOS/c18-16-9-10-17(15-8-4-3-7-14(15)16)20-11-5-1-2-6-12-21-13-19/h3-4,7-10H,1-2,5-6,11-12H2. The fourth-order valence-electron chi connectivity index (χ4n) is 2.22. The predicted octanol–water partition coefficient (Wildman–Crippen LogP) is 5.76. The zero-order valence-electron chi connectivity index (χ0n) is 11.8. The van der Waals surface area contributed by atoms with E-state index in [9.17, 15) is 0 Å². The highest BCUT2D eigenvalue weighted by Crippen LogP contribution is 2.31. The fourth-order valence-corrected chi connectivity index (χ4v) is 3.14. The SMILES string of the molecule is N#CSCCCCCCOc1ccc(Br)c2ccccc12. The molecule has 2 aromatic carbocycles. The number of hydrogen-bond donors (Lipinski definition) is 0. The topological polar surface area (TPSA) is 33.0 Å². The van der Waals surface area contributed by atoms with Crippen molar-refractivity contribution in [3.8, 4) is 11.2 Å². The number of fused-ring (bicyclic) bond motifs is 1. The molecule has 0 aliphatic heterocycles. The van der Waals surface area contributed by atoms with E-state index in [-0.39, 0.29) is 0 Å². The van der Waals surface area contributed by atoms with Gasteiger partial charge in [0.25, 0.3) is 0 Å². The van der Waals surface area contributed by atoms with Gasteiger partial charge in [0, 0.05) is 15.6 Å². The van der Waals surface area contributed by atoms with Gasteiger partial charge in [0.2, 0.25) is 0 Å². The molecule has 0 radical (unpaired) electrons. The van der Waals surface area contributed by atoms with Crippen LogP contribution in [-0.2, 0) is 0 Å². The summed E-state index contributed by atoms with van der Waals surface area (Å²) in [7, 11) is 0. The molecule has 0 N–H and O–H groups in total. The van der Waals surface area contributed by atoms with Crippen LogP contribution in [0, 0.1) is 10.7 Å². The summed E-state index contributed by atoms with van der Waals surface area (Å²) in [6.45, 7) is 0.747. The van der Waals surface area contributed by atoms with E-state index in [0.717, 1.165) is 47.2 Å². The van der Waals surface area contributed by atoms with E-state index in [2.05, 4.69) is 33.5 Å². The van der Waals surface area contributed by atoms with Crippen LogP contribution in [0.1, 0.15) is 25.7 Å². The Hall–Kier alpha value is -1.18. The van der Waals surface area contributed by atoms with Gasteiger partial charge < -0.3 is 4.74 Å². The number of nitrogens with zero attached hydrogens (tertiary/aromatic N) is 1. The van der Waals surface area contributed by atoms with Gasteiger partial charge in [-0.1, -0.05) is 53.0 Å². The second-order valence-electron chi connectivity index (χ2n) is 4.79. The molecule has 2 nitrogen and oxygen atoms in total. The van der Waals surface area contributed by atoms with Crippen LogP contribution in [0.25, 0.3) is 10.8 Å². The number of benzene rings is 2. The van der Waals surface area contributed by atoms with Gasteiger partial charge in [0.05, 0.1) is 6.61 Å². The van der Waals surface area contributed by atoms with Gasteiger partial charge in [-0.15, -0.1) is 0 Å². The number of unbranched alkanes of at least 4 members (excludes halogenated alkanes) is 3. The summed E-state index contributed by atoms with van der Waals surface area (Å²) < 4.78 is 7.02. The normalized spacial score (nSPS) is 10.5. The average molecular weight is 364 g/mol. The molecule has 4 heteroatoms. The second kappa shape index (κ2) is 8.96. The van der Waals surface area contributed by atoms with Gasteiger partial charge >= 0.3 is 0 Å². The van der Waals surface area contributed by atoms with Gasteiger partial charge in [-0.2, -0.15) is 5.26 Å². The van der Waals surface area contributed by atoms with Crippen LogP contribution in [-0.4, -0.2) is 12.4 Å². The molecule has 0 spiro atoms. The van der Waals surface area contributed by atoms with E-state index in [1.807, 2.05) is 24.3 Å². The Bertz CT molecular complexity index is 624. The minimum Gasteiger partial charge on any atom is -0.493 e. The van der Waals surface area contributed by atoms with Gasteiger partial charge in [0.15, 0.2) is 0 Å². The van der Waals surface area contributed by atoms with Crippen molar-refractivity contribution in [3.05, 3.63) is 40.9 Å². The van der Waals surface area contributed by atoms with Crippen LogP contribution in [0.5, 0.6) is 5.75 Å². The molecule has 0 aliphatic carbocycles. The van der Waals surface area contributed by atoms with E-state index in [1.54, 1.807) is 0 Å². The Morgan fingerprint density at radius 2 is 1.76 bits per heavy atom. The molecule has 0 aliphatic rings. The third kappa shape index (κ3) is 4.94. The molecular formula is C17H18BrNOS. The summed E-state index contributed by atoms with van der Waals surface area (Å²) in [5, 5.41) is 12.9. The summed E-state index contributed by atoms with van der Waals surface area (Å²) in [6, 6.07) is 12.3. The highest BCUT2D eigenvalue weighted by Gasteiger charge is 2.04. The first kappa shape index (κ1) is 16.2. The molecule has 2 aromatic rings. The molecule has 0 saturated heterocycles. The van der Waals surface area contributed by atoms with E-state index in [4.69, 9.17) is 10.00 Å². The molecule has 2 rings (SSSR count). The van der Waals surface area contributed by atoms with Crippen molar-refractivity contribution < 1.29 is 4.74 Å². The van der Waals surface area contributed by atoms with Gasteiger partial charge in [0.1, 0.15) is 11.2 Å². The summed E-state index contributed by atoms with van der Waals surface area (Å²) in [6.07, 6.45) is 4.49. The fraction of sp³-hybridized carbons (Fsp3) is 0.353. The maximum Gasteiger partial charge on any atom is 0.133 e. The lowest BCUT2D eigenvalue weighted by Crippen LogP contribution is -1.98. The first-order valence-corrected chi connectivity index (χ1v) is 8.91. The number of nitriles is 1. The first-order chi connectivity index (χ1) is 10.3. The second-order valence-corrected chi connectivity index (χ2v) is 6.53. The van der Waals surface area contributed by atoms with Crippen LogP contribution >= 0.6 is 27.7 Å². The lowest BCUT2D eigenvalue weighted by Gasteiger charge is -2.10. The summed E-state index contributed by atoms with van der Waals surface area (Å²) in [5.41, 5.74) is 0. The summed E-state index contributed by atoms with van der Waals surface area (Å²) in [4.78, 5) is 0. The Morgan fingerprint density at radius 1 is 1.00 bits per heavy atom. The molecule has 0 saturated carbocycles. The molecule has 110 valence electrons. The smallest absolute Gasteiger partial charge is 0.133 e. The predicted molar refractivity (Wildman–Crippen MR) is 93.7 cm³/mol. The Morgan fingerprint density at radius 3 is 2.57 bits per heavy atom. The minimum absolute atomic E-state index is 0.747. The molecule has 21 heavy (non-hydrogen) atoms. The third-order valence-electron chi connectivity index (χ3n) is 3.29. The van der Waals surface area contributed by atoms with Crippen molar-refractivity contribution >= 4 is 38.5 Å². The number of ether oxygens (including phenoxy) is 1. The zero-order valence-corrected chi connectivity index (χ0v) is 14.3. The van der Waals surface area contributed by atoms with Crippen molar-refractivity contribution in [1.29, 1.82) is 5.26 Å². The largest absolute Gasteiger partial charge is 0.493 e. The highest BCUT2D eigenvalue weighted by atomic mass is 79.9. The zero-order chi connectivity index (χ0) is 14.9. The molecule has 0 fully saturated rings. The number of thiocyanates is 1.